The number of rotatable bonds is 3. The van der Waals surface area contributed by atoms with E-state index in [0.717, 1.165) is 30.2 Å². The molecule has 0 unspecified atom stereocenters. The van der Waals surface area contributed by atoms with Gasteiger partial charge in [-0.1, -0.05) is 0 Å². The Morgan fingerprint density at radius 2 is 2.10 bits per heavy atom. The molecule has 20 heavy (non-hydrogen) atoms. The maximum absolute atomic E-state index is 11.4. The summed E-state index contributed by atoms with van der Waals surface area (Å²) in [5, 5.41) is 14.0. The van der Waals surface area contributed by atoms with Gasteiger partial charge >= 0.3 is 0 Å². The van der Waals surface area contributed by atoms with Crippen molar-refractivity contribution in [1.29, 1.82) is 0 Å². The Morgan fingerprint density at radius 1 is 1.30 bits per heavy atom. The lowest BCUT2D eigenvalue weighted by atomic mass is 10.2. The average Bonchev–Trinajstić information content (AvgIpc) is 3.12. The molecule has 1 aromatic heterocycles. The smallest absolute Gasteiger partial charge is 0.221 e. The number of anilines is 2. The fourth-order valence-electron chi connectivity index (χ4n) is 2.47. The van der Waals surface area contributed by atoms with Gasteiger partial charge in [0.1, 0.15) is 6.33 Å². The lowest BCUT2D eigenvalue weighted by Gasteiger charge is -2.22. The average molecular weight is 272 g/mol. The van der Waals surface area contributed by atoms with Crippen LogP contribution >= 0.6 is 0 Å². The minimum atomic E-state index is -0.0840. The summed E-state index contributed by atoms with van der Waals surface area (Å²) in [6.45, 7) is 3.56. The second kappa shape index (κ2) is 5.28. The summed E-state index contributed by atoms with van der Waals surface area (Å²) < 4.78 is 1.57. The molecule has 1 fully saturated rings. The van der Waals surface area contributed by atoms with Gasteiger partial charge in [-0.2, -0.15) is 0 Å². The predicted molar refractivity (Wildman–Crippen MR) is 74.9 cm³/mol. The molecule has 0 spiro atoms. The van der Waals surface area contributed by atoms with Crippen LogP contribution in [0.15, 0.2) is 24.5 Å². The summed E-state index contributed by atoms with van der Waals surface area (Å²) in [6.07, 6.45) is 3.91. The summed E-state index contributed by atoms with van der Waals surface area (Å²) in [6, 6.07) is 5.86. The zero-order valence-electron chi connectivity index (χ0n) is 11.3. The molecule has 1 aromatic carbocycles. The number of nitrogens with one attached hydrogen (secondary N) is 1. The third kappa shape index (κ3) is 2.47. The highest BCUT2D eigenvalue weighted by molar-refractivity contribution is 5.93. The quantitative estimate of drug-likeness (QED) is 0.909. The number of tetrazole rings is 1. The van der Waals surface area contributed by atoms with Crippen molar-refractivity contribution < 1.29 is 4.79 Å². The topological polar surface area (TPSA) is 75.9 Å². The summed E-state index contributed by atoms with van der Waals surface area (Å²) in [4.78, 5) is 13.7. The molecular formula is C13H16N6O. The molecule has 0 aliphatic carbocycles. The van der Waals surface area contributed by atoms with E-state index in [4.69, 9.17) is 0 Å². The molecule has 1 aliphatic rings. The second-order valence-electron chi connectivity index (χ2n) is 4.83. The van der Waals surface area contributed by atoms with E-state index in [1.807, 2.05) is 18.2 Å². The molecule has 3 rings (SSSR count). The van der Waals surface area contributed by atoms with E-state index in [-0.39, 0.29) is 5.91 Å². The molecule has 1 saturated heterocycles. The van der Waals surface area contributed by atoms with E-state index in [0.29, 0.717) is 0 Å². The maximum atomic E-state index is 11.4. The van der Waals surface area contributed by atoms with Gasteiger partial charge in [-0.05, 0) is 41.5 Å². The molecular weight excluding hydrogens is 256 g/mol. The van der Waals surface area contributed by atoms with Gasteiger partial charge in [-0.3, -0.25) is 4.79 Å². The van der Waals surface area contributed by atoms with Gasteiger partial charge in [0, 0.05) is 20.0 Å². The molecule has 7 nitrogen and oxygen atoms in total. The van der Waals surface area contributed by atoms with E-state index in [1.165, 1.54) is 26.1 Å². The number of amides is 1. The first-order valence-corrected chi connectivity index (χ1v) is 6.64. The number of carbonyl (C=O) groups excluding carboxylic acids is 1. The fourth-order valence-corrected chi connectivity index (χ4v) is 2.47. The molecule has 1 N–H and O–H groups in total. The molecule has 1 amide bonds. The number of hydrogen-bond donors (Lipinski definition) is 1. The zero-order valence-corrected chi connectivity index (χ0v) is 11.3. The van der Waals surface area contributed by atoms with Crippen LogP contribution in [-0.2, 0) is 4.79 Å². The van der Waals surface area contributed by atoms with Gasteiger partial charge in [-0.25, -0.2) is 4.68 Å². The van der Waals surface area contributed by atoms with Crippen molar-refractivity contribution in [2.45, 2.75) is 19.8 Å². The van der Waals surface area contributed by atoms with Crippen molar-refractivity contribution in [2.24, 2.45) is 0 Å². The fraction of sp³-hybridized carbons (Fsp3) is 0.385. The molecule has 0 saturated carbocycles. The van der Waals surface area contributed by atoms with Crippen molar-refractivity contribution in [1.82, 2.24) is 20.2 Å². The molecule has 0 atom stereocenters. The van der Waals surface area contributed by atoms with Crippen molar-refractivity contribution in [3.63, 3.8) is 0 Å². The molecule has 2 heterocycles. The van der Waals surface area contributed by atoms with E-state index in [9.17, 15) is 4.79 Å². The minimum absolute atomic E-state index is 0.0840. The molecule has 104 valence electrons. The molecule has 7 heteroatoms. The first-order chi connectivity index (χ1) is 9.74. The Bertz CT molecular complexity index is 603. The number of nitrogens with zero attached hydrogens (tertiary/aromatic N) is 5. The van der Waals surface area contributed by atoms with Crippen molar-refractivity contribution >= 4 is 17.3 Å². The third-order valence-electron chi connectivity index (χ3n) is 3.35. The Kier molecular flexibility index (Phi) is 3.32. The maximum Gasteiger partial charge on any atom is 0.221 e. The van der Waals surface area contributed by atoms with Crippen LogP contribution in [0.25, 0.3) is 5.69 Å². The lowest BCUT2D eigenvalue weighted by molar-refractivity contribution is -0.114. The molecule has 2 aromatic rings. The van der Waals surface area contributed by atoms with Gasteiger partial charge in [0.25, 0.3) is 0 Å². The minimum Gasteiger partial charge on any atom is -0.370 e. The van der Waals surface area contributed by atoms with Crippen LogP contribution < -0.4 is 10.2 Å². The van der Waals surface area contributed by atoms with Gasteiger partial charge in [0.2, 0.25) is 5.91 Å². The number of hydrogen-bond acceptors (Lipinski definition) is 5. The van der Waals surface area contributed by atoms with E-state index in [1.54, 1.807) is 4.68 Å². The van der Waals surface area contributed by atoms with Crippen molar-refractivity contribution in [3.05, 3.63) is 24.5 Å². The highest BCUT2D eigenvalue weighted by Crippen LogP contribution is 2.30. The first-order valence-electron chi connectivity index (χ1n) is 6.64. The zero-order chi connectivity index (χ0) is 13.9. The van der Waals surface area contributed by atoms with E-state index in [2.05, 4.69) is 25.7 Å². The molecule has 0 bridgehead atoms. The standard InChI is InChI=1S/C13H16N6O/c1-10(20)15-12-8-11(19-9-14-16-17-19)4-5-13(12)18-6-2-3-7-18/h4-5,8-9H,2-3,6-7H2,1H3,(H,15,20). The Hall–Kier alpha value is -2.44. The lowest BCUT2D eigenvalue weighted by Crippen LogP contribution is -2.20. The highest BCUT2D eigenvalue weighted by atomic mass is 16.1. The van der Waals surface area contributed by atoms with Crippen LogP contribution in [-0.4, -0.2) is 39.2 Å². The van der Waals surface area contributed by atoms with Crippen molar-refractivity contribution in [2.75, 3.05) is 23.3 Å². The number of aromatic nitrogens is 4. The van der Waals surface area contributed by atoms with Crippen LogP contribution in [0.1, 0.15) is 19.8 Å². The van der Waals surface area contributed by atoms with Crippen LogP contribution in [0.4, 0.5) is 11.4 Å². The van der Waals surface area contributed by atoms with Crippen molar-refractivity contribution in [3.8, 4) is 5.69 Å². The second-order valence-corrected chi connectivity index (χ2v) is 4.83. The van der Waals surface area contributed by atoms with E-state index < -0.39 is 0 Å². The predicted octanol–water partition coefficient (Wildman–Crippen LogP) is 1.22. The Morgan fingerprint density at radius 3 is 2.75 bits per heavy atom. The molecule has 0 radical (unpaired) electrons. The van der Waals surface area contributed by atoms with Crippen LogP contribution in [0.3, 0.4) is 0 Å². The van der Waals surface area contributed by atoms with Gasteiger partial charge in [0.05, 0.1) is 17.1 Å². The Labute approximate surface area is 116 Å². The van der Waals surface area contributed by atoms with Gasteiger partial charge < -0.3 is 10.2 Å². The Balaban J connectivity index is 1.99. The summed E-state index contributed by atoms with van der Waals surface area (Å²) in [7, 11) is 0. The van der Waals surface area contributed by atoms with Gasteiger partial charge in [0.15, 0.2) is 0 Å². The molecule has 1 aliphatic heterocycles. The largest absolute Gasteiger partial charge is 0.370 e. The van der Waals surface area contributed by atoms with Crippen LogP contribution in [0.5, 0.6) is 0 Å². The normalized spacial score (nSPS) is 14.6. The summed E-state index contributed by atoms with van der Waals surface area (Å²) in [5.74, 6) is -0.0840. The number of benzene rings is 1. The first kappa shape index (κ1) is 12.6. The number of carbonyl (C=O) groups is 1. The third-order valence-corrected chi connectivity index (χ3v) is 3.35. The monoisotopic (exact) mass is 272 g/mol. The summed E-state index contributed by atoms with van der Waals surface area (Å²) >= 11 is 0. The van der Waals surface area contributed by atoms with E-state index >= 15 is 0 Å². The van der Waals surface area contributed by atoms with Crippen LogP contribution in [0, 0.1) is 0 Å². The summed E-state index contributed by atoms with van der Waals surface area (Å²) in [5.41, 5.74) is 2.67. The van der Waals surface area contributed by atoms with Gasteiger partial charge in [-0.15, -0.1) is 5.10 Å². The van der Waals surface area contributed by atoms with Crippen LogP contribution in [0.2, 0.25) is 0 Å². The SMILES string of the molecule is CC(=O)Nc1cc(-n2cnnn2)ccc1N1CCCC1. The highest BCUT2D eigenvalue weighted by Gasteiger charge is 2.17.